The lowest BCUT2D eigenvalue weighted by Gasteiger charge is -2.10. The van der Waals surface area contributed by atoms with E-state index in [1.807, 2.05) is 24.3 Å². The Morgan fingerprint density at radius 3 is 2.83 bits per heavy atom. The molecular formula is C14H19BrN2O. The van der Waals surface area contributed by atoms with Crippen molar-refractivity contribution in [2.75, 3.05) is 18.4 Å². The SMILES string of the molecule is O=C(CNCC1CCCC1)Nc1cccc(Br)c1. The molecule has 0 bridgehead atoms. The maximum absolute atomic E-state index is 11.7. The van der Waals surface area contributed by atoms with E-state index in [1.54, 1.807) is 0 Å². The molecule has 18 heavy (non-hydrogen) atoms. The van der Waals surface area contributed by atoms with Crippen LogP contribution in [0, 0.1) is 5.92 Å². The summed E-state index contributed by atoms with van der Waals surface area (Å²) in [5.74, 6) is 0.787. The minimum Gasteiger partial charge on any atom is -0.325 e. The van der Waals surface area contributed by atoms with Gasteiger partial charge in [0.25, 0.3) is 0 Å². The van der Waals surface area contributed by atoms with Crippen LogP contribution >= 0.6 is 15.9 Å². The summed E-state index contributed by atoms with van der Waals surface area (Å²) in [4.78, 5) is 11.7. The zero-order chi connectivity index (χ0) is 12.8. The Morgan fingerprint density at radius 1 is 1.33 bits per heavy atom. The van der Waals surface area contributed by atoms with Crippen molar-refractivity contribution in [1.29, 1.82) is 0 Å². The van der Waals surface area contributed by atoms with E-state index in [0.29, 0.717) is 6.54 Å². The van der Waals surface area contributed by atoms with Crippen molar-refractivity contribution >= 4 is 27.5 Å². The maximum atomic E-state index is 11.7. The van der Waals surface area contributed by atoms with Crippen molar-refractivity contribution in [3.63, 3.8) is 0 Å². The van der Waals surface area contributed by atoms with E-state index in [1.165, 1.54) is 25.7 Å². The van der Waals surface area contributed by atoms with Gasteiger partial charge in [0.15, 0.2) is 0 Å². The van der Waals surface area contributed by atoms with Gasteiger partial charge in [-0.25, -0.2) is 0 Å². The molecule has 0 saturated heterocycles. The quantitative estimate of drug-likeness (QED) is 0.877. The van der Waals surface area contributed by atoms with E-state index >= 15 is 0 Å². The summed E-state index contributed by atoms with van der Waals surface area (Å²) in [5, 5.41) is 6.11. The summed E-state index contributed by atoms with van der Waals surface area (Å²) in [6.45, 7) is 1.36. The molecule has 0 heterocycles. The molecule has 0 radical (unpaired) electrons. The number of carbonyl (C=O) groups is 1. The number of amides is 1. The smallest absolute Gasteiger partial charge is 0.238 e. The molecule has 2 N–H and O–H groups in total. The van der Waals surface area contributed by atoms with Crippen molar-refractivity contribution in [3.8, 4) is 0 Å². The highest BCUT2D eigenvalue weighted by atomic mass is 79.9. The number of nitrogens with one attached hydrogen (secondary N) is 2. The highest BCUT2D eigenvalue weighted by Gasteiger charge is 2.14. The van der Waals surface area contributed by atoms with Gasteiger partial charge in [-0.05, 0) is 43.5 Å². The largest absolute Gasteiger partial charge is 0.325 e. The highest BCUT2D eigenvalue weighted by Crippen LogP contribution is 2.23. The standard InChI is InChI=1S/C14H19BrN2O/c15-12-6-3-7-13(8-12)17-14(18)10-16-9-11-4-1-2-5-11/h3,6-8,11,16H,1-2,4-5,9-10H2,(H,17,18). The number of carbonyl (C=O) groups excluding carboxylic acids is 1. The monoisotopic (exact) mass is 310 g/mol. The van der Waals surface area contributed by atoms with Crippen molar-refractivity contribution in [3.05, 3.63) is 28.7 Å². The maximum Gasteiger partial charge on any atom is 0.238 e. The first kappa shape index (κ1) is 13.6. The van der Waals surface area contributed by atoms with Gasteiger partial charge in [-0.3, -0.25) is 4.79 Å². The van der Waals surface area contributed by atoms with Gasteiger partial charge in [0.2, 0.25) is 5.91 Å². The third-order valence-electron chi connectivity index (χ3n) is 3.30. The fourth-order valence-electron chi connectivity index (χ4n) is 2.38. The van der Waals surface area contributed by atoms with Crippen molar-refractivity contribution in [2.45, 2.75) is 25.7 Å². The molecule has 0 aliphatic heterocycles. The fraction of sp³-hybridized carbons (Fsp3) is 0.500. The minimum atomic E-state index is 0.0195. The predicted octanol–water partition coefficient (Wildman–Crippen LogP) is 3.17. The molecule has 1 aliphatic rings. The summed E-state index contributed by atoms with van der Waals surface area (Å²) < 4.78 is 0.971. The number of benzene rings is 1. The fourth-order valence-corrected chi connectivity index (χ4v) is 2.77. The van der Waals surface area contributed by atoms with Gasteiger partial charge in [0.1, 0.15) is 0 Å². The summed E-state index contributed by atoms with van der Waals surface area (Å²) in [6.07, 6.45) is 5.30. The van der Waals surface area contributed by atoms with Crippen LogP contribution in [0.5, 0.6) is 0 Å². The highest BCUT2D eigenvalue weighted by molar-refractivity contribution is 9.10. The second kappa shape index (κ2) is 6.90. The lowest BCUT2D eigenvalue weighted by Crippen LogP contribution is -2.31. The van der Waals surface area contributed by atoms with E-state index in [0.717, 1.165) is 22.6 Å². The third kappa shape index (κ3) is 4.42. The summed E-state index contributed by atoms with van der Waals surface area (Å²) in [7, 11) is 0. The normalized spacial score (nSPS) is 15.8. The lowest BCUT2D eigenvalue weighted by molar-refractivity contribution is -0.115. The summed E-state index contributed by atoms with van der Waals surface area (Å²) >= 11 is 3.38. The Morgan fingerprint density at radius 2 is 2.11 bits per heavy atom. The van der Waals surface area contributed by atoms with Crippen LogP contribution in [-0.4, -0.2) is 19.0 Å². The van der Waals surface area contributed by atoms with Gasteiger partial charge in [-0.15, -0.1) is 0 Å². The predicted molar refractivity (Wildman–Crippen MR) is 77.6 cm³/mol. The van der Waals surface area contributed by atoms with Gasteiger partial charge in [0, 0.05) is 10.2 Å². The van der Waals surface area contributed by atoms with E-state index in [4.69, 9.17) is 0 Å². The molecule has 4 heteroatoms. The topological polar surface area (TPSA) is 41.1 Å². The molecule has 1 fully saturated rings. The van der Waals surface area contributed by atoms with Crippen molar-refractivity contribution < 1.29 is 4.79 Å². The van der Waals surface area contributed by atoms with E-state index < -0.39 is 0 Å². The number of rotatable bonds is 5. The molecule has 3 nitrogen and oxygen atoms in total. The number of hydrogen-bond donors (Lipinski definition) is 2. The van der Waals surface area contributed by atoms with Gasteiger partial charge in [-0.1, -0.05) is 34.8 Å². The Hall–Kier alpha value is -0.870. The van der Waals surface area contributed by atoms with Gasteiger partial charge in [-0.2, -0.15) is 0 Å². The van der Waals surface area contributed by atoms with Gasteiger partial charge >= 0.3 is 0 Å². The molecule has 1 aromatic rings. The molecule has 0 unspecified atom stereocenters. The Labute approximate surface area is 116 Å². The van der Waals surface area contributed by atoms with E-state index in [-0.39, 0.29) is 5.91 Å². The lowest BCUT2D eigenvalue weighted by atomic mass is 10.1. The van der Waals surface area contributed by atoms with Crippen LogP contribution in [-0.2, 0) is 4.79 Å². The number of hydrogen-bond acceptors (Lipinski definition) is 2. The van der Waals surface area contributed by atoms with Crippen LogP contribution in [0.1, 0.15) is 25.7 Å². The Bertz CT molecular complexity index is 403. The zero-order valence-corrected chi connectivity index (χ0v) is 12.0. The average Bonchev–Trinajstić information content (AvgIpc) is 2.82. The molecule has 1 amide bonds. The van der Waals surface area contributed by atoms with Gasteiger partial charge in [0.05, 0.1) is 6.54 Å². The molecule has 1 aromatic carbocycles. The molecule has 1 saturated carbocycles. The minimum absolute atomic E-state index is 0.0195. The first-order chi connectivity index (χ1) is 8.74. The second-order valence-corrected chi connectivity index (χ2v) is 5.76. The van der Waals surface area contributed by atoms with Gasteiger partial charge < -0.3 is 10.6 Å². The van der Waals surface area contributed by atoms with Crippen LogP contribution in [0.3, 0.4) is 0 Å². The van der Waals surface area contributed by atoms with E-state index in [2.05, 4.69) is 26.6 Å². The van der Waals surface area contributed by atoms with Crippen LogP contribution < -0.4 is 10.6 Å². The molecule has 98 valence electrons. The molecular weight excluding hydrogens is 292 g/mol. The first-order valence-corrected chi connectivity index (χ1v) is 7.29. The first-order valence-electron chi connectivity index (χ1n) is 6.50. The molecule has 2 rings (SSSR count). The third-order valence-corrected chi connectivity index (χ3v) is 3.79. The van der Waals surface area contributed by atoms with Crippen molar-refractivity contribution in [2.24, 2.45) is 5.92 Å². The molecule has 0 spiro atoms. The Kier molecular flexibility index (Phi) is 5.20. The zero-order valence-electron chi connectivity index (χ0n) is 10.4. The molecule has 1 aliphatic carbocycles. The molecule has 0 atom stereocenters. The van der Waals surface area contributed by atoms with Crippen LogP contribution in [0.25, 0.3) is 0 Å². The van der Waals surface area contributed by atoms with E-state index in [9.17, 15) is 4.79 Å². The van der Waals surface area contributed by atoms with Crippen molar-refractivity contribution in [1.82, 2.24) is 5.32 Å². The number of halogens is 1. The van der Waals surface area contributed by atoms with Crippen LogP contribution in [0.2, 0.25) is 0 Å². The van der Waals surface area contributed by atoms with Crippen LogP contribution in [0.15, 0.2) is 28.7 Å². The van der Waals surface area contributed by atoms with Crippen LogP contribution in [0.4, 0.5) is 5.69 Å². The molecule has 0 aromatic heterocycles. The second-order valence-electron chi connectivity index (χ2n) is 4.84. The average molecular weight is 311 g/mol. The number of anilines is 1. The summed E-state index contributed by atoms with van der Waals surface area (Å²) in [6, 6.07) is 7.63. The Balaban J connectivity index is 1.68. The summed E-state index contributed by atoms with van der Waals surface area (Å²) in [5.41, 5.74) is 0.831.